The number of nitrogens with one attached hydrogen (secondary N) is 1. The SMILES string of the molecule is CC(C)(CCNC(=O)c1cc(Br)cs1)C(=O)O. The van der Waals surface area contributed by atoms with E-state index >= 15 is 0 Å². The van der Waals surface area contributed by atoms with E-state index in [2.05, 4.69) is 21.2 Å². The van der Waals surface area contributed by atoms with Gasteiger partial charge in [0.2, 0.25) is 0 Å². The molecule has 1 aromatic heterocycles. The number of hydrogen-bond acceptors (Lipinski definition) is 3. The second kappa shape index (κ2) is 5.64. The van der Waals surface area contributed by atoms with Crippen LogP contribution in [0, 0.1) is 5.41 Å². The lowest BCUT2D eigenvalue weighted by molar-refractivity contribution is -0.147. The van der Waals surface area contributed by atoms with Crippen LogP contribution < -0.4 is 5.32 Å². The molecule has 0 aliphatic rings. The number of carboxylic acid groups (broad SMARTS) is 1. The van der Waals surface area contributed by atoms with Crippen molar-refractivity contribution in [2.75, 3.05) is 6.54 Å². The summed E-state index contributed by atoms with van der Waals surface area (Å²) in [6, 6.07) is 1.74. The Labute approximate surface area is 112 Å². The molecule has 0 atom stereocenters. The van der Waals surface area contributed by atoms with Gasteiger partial charge in [-0.1, -0.05) is 0 Å². The summed E-state index contributed by atoms with van der Waals surface area (Å²) >= 11 is 4.62. The minimum absolute atomic E-state index is 0.165. The fourth-order valence-electron chi connectivity index (χ4n) is 1.11. The predicted molar refractivity (Wildman–Crippen MR) is 70.4 cm³/mol. The number of rotatable bonds is 5. The van der Waals surface area contributed by atoms with Crippen molar-refractivity contribution in [3.63, 3.8) is 0 Å². The van der Waals surface area contributed by atoms with E-state index in [1.165, 1.54) is 11.3 Å². The quantitative estimate of drug-likeness (QED) is 0.877. The molecule has 2 N–H and O–H groups in total. The molecule has 0 bridgehead atoms. The van der Waals surface area contributed by atoms with Crippen LogP contribution in [0.4, 0.5) is 0 Å². The van der Waals surface area contributed by atoms with Crippen LogP contribution in [-0.4, -0.2) is 23.5 Å². The van der Waals surface area contributed by atoms with Crippen LogP contribution in [0.5, 0.6) is 0 Å². The number of thiophene rings is 1. The molecule has 0 aromatic carbocycles. The lowest BCUT2D eigenvalue weighted by Gasteiger charge is -2.18. The topological polar surface area (TPSA) is 66.4 Å². The molecule has 0 spiro atoms. The highest BCUT2D eigenvalue weighted by Gasteiger charge is 2.26. The summed E-state index contributed by atoms with van der Waals surface area (Å²) in [6.45, 7) is 3.64. The molecule has 1 rings (SSSR count). The molecule has 94 valence electrons. The second-order valence-electron chi connectivity index (χ2n) is 4.32. The number of halogens is 1. The minimum atomic E-state index is -0.856. The molecular weight excluding hydrogens is 306 g/mol. The minimum Gasteiger partial charge on any atom is -0.481 e. The van der Waals surface area contributed by atoms with Crippen LogP contribution in [0.1, 0.15) is 29.9 Å². The van der Waals surface area contributed by atoms with Gasteiger partial charge in [-0.3, -0.25) is 9.59 Å². The van der Waals surface area contributed by atoms with Gasteiger partial charge in [0.1, 0.15) is 0 Å². The van der Waals surface area contributed by atoms with Gasteiger partial charge in [0.25, 0.3) is 5.91 Å². The average molecular weight is 320 g/mol. The lowest BCUT2D eigenvalue weighted by atomic mass is 9.90. The fourth-order valence-corrected chi connectivity index (χ4v) is 2.46. The molecule has 0 saturated heterocycles. The van der Waals surface area contributed by atoms with E-state index in [4.69, 9.17) is 5.11 Å². The van der Waals surface area contributed by atoms with E-state index in [1.54, 1.807) is 19.9 Å². The summed E-state index contributed by atoms with van der Waals surface area (Å²) in [5.74, 6) is -1.02. The van der Waals surface area contributed by atoms with Gasteiger partial charge in [-0.05, 0) is 42.3 Å². The van der Waals surface area contributed by atoms with Crippen LogP contribution in [0.3, 0.4) is 0 Å². The molecule has 17 heavy (non-hydrogen) atoms. The maximum atomic E-state index is 11.6. The third-order valence-corrected chi connectivity index (χ3v) is 4.10. The second-order valence-corrected chi connectivity index (χ2v) is 6.15. The molecule has 4 nitrogen and oxygen atoms in total. The van der Waals surface area contributed by atoms with Gasteiger partial charge in [0, 0.05) is 16.4 Å². The van der Waals surface area contributed by atoms with Gasteiger partial charge in [-0.2, -0.15) is 0 Å². The van der Waals surface area contributed by atoms with Gasteiger partial charge < -0.3 is 10.4 Å². The molecule has 0 fully saturated rings. The zero-order valence-corrected chi connectivity index (χ0v) is 12.0. The van der Waals surface area contributed by atoms with Crippen molar-refractivity contribution in [2.24, 2.45) is 5.41 Å². The van der Waals surface area contributed by atoms with E-state index in [1.807, 2.05) is 5.38 Å². The summed E-state index contributed by atoms with van der Waals surface area (Å²) in [6.07, 6.45) is 0.403. The van der Waals surface area contributed by atoms with Crippen molar-refractivity contribution < 1.29 is 14.7 Å². The van der Waals surface area contributed by atoms with Crippen molar-refractivity contribution in [3.8, 4) is 0 Å². The number of hydrogen-bond donors (Lipinski definition) is 2. The van der Waals surface area contributed by atoms with Crippen LogP contribution in [0.15, 0.2) is 15.9 Å². The van der Waals surface area contributed by atoms with Crippen molar-refractivity contribution in [2.45, 2.75) is 20.3 Å². The first-order valence-electron chi connectivity index (χ1n) is 5.08. The molecule has 0 saturated carbocycles. The third-order valence-electron chi connectivity index (χ3n) is 2.41. The summed E-state index contributed by atoms with van der Waals surface area (Å²) in [5, 5.41) is 13.5. The predicted octanol–water partition coefficient (Wildman–Crippen LogP) is 2.74. The molecule has 1 amide bonds. The zero-order valence-electron chi connectivity index (χ0n) is 9.62. The molecule has 0 unspecified atom stereocenters. The van der Waals surface area contributed by atoms with Gasteiger partial charge in [-0.25, -0.2) is 0 Å². The number of carbonyl (C=O) groups is 2. The van der Waals surface area contributed by atoms with Crippen molar-refractivity contribution in [1.82, 2.24) is 5.32 Å². The number of amides is 1. The van der Waals surface area contributed by atoms with Gasteiger partial charge in [0.05, 0.1) is 10.3 Å². The van der Waals surface area contributed by atoms with Crippen molar-refractivity contribution in [1.29, 1.82) is 0 Å². The third kappa shape index (κ3) is 4.12. The van der Waals surface area contributed by atoms with Crippen LogP contribution in [0.25, 0.3) is 0 Å². The molecule has 0 radical (unpaired) electrons. The normalized spacial score (nSPS) is 11.2. The first-order valence-corrected chi connectivity index (χ1v) is 6.76. The van der Waals surface area contributed by atoms with Gasteiger partial charge in [0.15, 0.2) is 0 Å². The largest absolute Gasteiger partial charge is 0.481 e. The highest BCUT2D eigenvalue weighted by atomic mass is 79.9. The van der Waals surface area contributed by atoms with E-state index in [-0.39, 0.29) is 5.91 Å². The van der Waals surface area contributed by atoms with E-state index in [9.17, 15) is 9.59 Å². The molecule has 6 heteroatoms. The van der Waals surface area contributed by atoms with E-state index in [0.29, 0.717) is 17.8 Å². The molecule has 1 heterocycles. The highest BCUT2D eigenvalue weighted by Crippen LogP contribution is 2.21. The standard InChI is InChI=1S/C11H14BrNO3S/c1-11(2,10(15)16)3-4-13-9(14)8-5-7(12)6-17-8/h5-6H,3-4H2,1-2H3,(H,13,14)(H,15,16). The zero-order chi connectivity index (χ0) is 13.1. The summed E-state index contributed by atoms with van der Waals surface area (Å²) < 4.78 is 0.874. The number of aliphatic carboxylic acids is 1. The first-order chi connectivity index (χ1) is 7.83. The van der Waals surface area contributed by atoms with Gasteiger partial charge >= 0.3 is 5.97 Å². The Kier molecular flexibility index (Phi) is 4.70. The highest BCUT2D eigenvalue weighted by molar-refractivity contribution is 9.10. The van der Waals surface area contributed by atoms with Gasteiger partial charge in [-0.15, -0.1) is 11.3 Å². The van der Waals surface area contributed by atoms with E-state index in [0.717, 1.165) is 4.47 Å². The Bertz CT molecular complexity index is 428. The summed E-state index contributed by atoms with van der Waals surface area (Å²) in [5.41, 5.74) is -0.816. The Morgan fingerprint density at radius 2 is 2.18 bits per heavy atom. The maximum Gasteiger partial charge on any atom is 0.309 e. The van der Waals surface area contributed by atoms with Crippen LogP contribution in [0.2, 0.25) is 0 Å². The monoisotopic (exact) mass is 319 g/mol. The van der Waals surface area contributed by atoms with E-state index < -0.39 is 11.4 Å². The first kappa shape index (κ1) is 14.2. The molecular formula is C11H14BrNO3S. The molecule has 1 aromatic rings. The van der Waals surface area contributed by atoms with Crippen LogP contribution in [-0.2, 0) is 4.79 Å². The van der Waals surface area contributed by atoms with Crippen molar-refractivity contribution in [3.05, 3.63) is 20.8 Å². The average Bonchev–Trinajstić information content (AvgIpc) is 2.64. The maximum absolute atomic E-state index is 11.6. The summed E-state index contributed by atoms with van der Waals surface area (Å²) in [4.78, 5) is 23.1. The Hall–Kier alpha value is -0.880. The van der Waals surface area contributed by atoms with Crippen LogP contribution >= 0.6 is 27.3 Å². The molecule has 0 aliphatic carbocycles. The summed E-state index contributed by atoms with van der Waals surface area (Å²) in [7, 11) is 0. The number of carbonyl (C=O) groups excluding carboxylic acids is 1. The number of carboxylic acids is 1. The Balaban J connectivity index is 2.42. The fraction of sp³-hybridized carbons (Fsp3) is 0.455. The Morgan fingerprint density at radius 3 is 2.65 bits per heavy atom. The molecule has 0 aliphatic heterocycles. The van der Waals surface area contributed by atoms with Crippen molar-refractivity contribution >= 4 is 39.1 Å². The Morgan fingerprint density at radius 1 is 1.53 bits per heavy atom. The smallest absolute Gasteiger partial charge is 0.309 e. The lowest BCUT2D eigenvalue weighted by Crippen LogP contribution is -2.31.